The van der Waals surface area contributed by atoms with Crippen LogP contribution in [0.3, 0.4) is 0 Å². The third-order valence-electron chi connectivity index (χ3n) is 8.47. The number of fused-ring (bicyclic) bond motifs is 5. The first-order chi connectivity index (χ1) is 16.4. The van der Waals surface area contributed by atoms with Crippen LogP contribution in [0, 0.1) is 17.3 Å². The molecule has 5 nitrogen and oxygen atoms in total. The van der Waals surface area contributed by atoms with E-state index in [9.17, 15) is 9.59 Å². The van der Waals surface area contributed by atoms with Gasteiger partial charge in [-0.3, -0.25) is 0 Å². The van der Waals surface area contributed by atoms with E-state index < -0.39 is 12.1 Å². The number of amides is 1. The van der Waals surface area contributed by atoms with Gasteiger partial charge in [0.25, 0.3) is 0 Å². The molecule has 3 aliphatic carbocycles. The fourth-order valence-corrected chi connectivity index (χ4v) is 6.62. The van der Waals surface area contributed by atoms with Crippen LogP contribution in [0.1, 0.15) is 61.6 Å². The first-order valence-corrected chi connectivity index (χ1v) is 12.4. The summed E-state index contributed by atoms with van der Waals surface area (Å²) in [7, 11) is 0. The first-order valence-electron chi connectivity index (χ1n) is 12.4. The molecule has 0 unspecified atom stereocenters. The summed E-state index contributed by atoms with van der Waals surface area (Å²) in [5, 5.41) is 2.46. The smallest absolute Gasteiger partial charge is 0.407 e. The molecular formula is C29H33NO4. The summed E-state index contributed by atoms with van der Waals surface area (Å²) in [5.41, 5.74) is 5.39. The van der Waals surface area contributed by atoms with E-state index in [1.807, 2.05) is 42.5 Å². The van der Waals surface area contributed by atoms with Crippen molar-refractivity contribution in [2.45, 2.75) is 58.0 Å². The van der Waals surface area contributed by atoms with Crippen LogP contribution >= 0.6 is 0 Å². The zero-order valence-electron chi connectivity index (χ0n) is 19.8. The van der Waals surface area contributed by atoms with Gasteiger partial charge in [0.05, 0.1) is 0 Å². The number of aryl methyl sites for hydroxylation is 1. The number of nitrogens with one attached hydrogen (secondary N) is 1. The third-order valence-corrected chi connectivity index (χ3v) is 8.47. The van der Waals surface area contributed by atoms with Gasteiger partial charge in [0, 0.05) is 0 Å². The minimum atomic E-state index is -0.642. The molecule has 5 rings (SSSR count). The van der Waals surface area contributed by atoms with Crippen LogP contribution in [0.2, 0.25) is 0 Å². The van der Waals surface area contributed by atoms with E-state index in [1.54, 1.807) is 0 Å². The van der Waals surface area contributed by atoms with Gasteiger partial charge in [0.15, 0.2) is 0 Å². The summed E-state index contributed by atoms with van der Waals surface area (Å²) in [6.07, 6.45) is 6.46. The summed E-state index contributed by atoms with van der Waals surface area (Å²) >= 11 is 0. The monoisotopic (exact) mass is 459 g/mol. The molecule has 0 spiro atoms. The van der Waals surface area contributed by atoms with Gasteiger partial charge in [0.1, 0.15) is 18.9 Å². The van der Waals surface area contributed by atoms with Crippen LogP contribution in [0.4, 0.5) is 4.79 Å². The average Bonchev–Trinajstić information content (AvgIpc) is 3.16. The van der Waals surface area contributed by atoms with Gasteiger partial charge >= 0.3 is 12.1 Å². The number of esters is 1. The van der Waals surface area contributed by atoms with Crippen molar-refractivity contribution in [3.63, 3.8) is 0 Å². The van der Waals surface area contributed by atoms with Gasteiger partial charge in [-0.1, -0.05) is 55.5 Å². The Morgan fingerprint density at radius 3 is 2.74 bits per heavy atom. The topological polar surface area (TPSA) is 64.6 Å². The van der Waals surface area contributed by atoms with Crippen LogP contribution in [0.5, 0.6) is 5.75 Å². The number of hydrogen-bond donors (Lipinski definition) is 1. The molecule has 178 valence electrons. The van der Waals surface area contributed by atoms with Crippen LogP contribution in [0.25, 0.3) is 0 Å². The van der Waals surface area contributed by atoms with Crippen LogP contribution in [0.15, 0.2) is 60.7 Å². The molecule has 0 aromatic heterocycles. The number of carbonyl (C=O) groups is 2. The van der Waals surface area contributed by atoms with Crippen LogP contribution in [-0.4, -0.2) is 18.6 Å². The van der Waals surface area contributed by atoms with Crippen molar-refractivity contribution >= 4 is 12.1 Å². The van der Waals surface area contributed by atoms with E-state index in [0.717, 1.165) is 23.8 Å². The Balaban J connectivity index is 1.15. The van der Waals surface area contributed by atoms with Crippen LogP contribution < -0.4 is 10.1 Å². The van der Waals surface area contributed by atoms with E-state index in [-0.39, 0.29) is 13.2 Å². The summed E-state index contributed by atoms with van der Waals surface area (Å²) in [5.74, 6) is 2.10. The molecule has 2 fully saturated rings. The number of hydrogen-bond acceptors (Lipinski definition) is 4. The second-order valence-electron chi connectivity index (χ2n) is 10.3. The molecule has 5 heteroatoms. The quantitative estimate of drug-likeness (QED) is 0.342. The Labute approximate surface area is 201 Å². The number of benzene rings is 2. The van der Waals surface area contributed by atoms with Gasteiger partial charge in [-0.2, -0.15) is 0 Å². The van der Waals surface area contributed by atoms with Gasteiger partial charge in [-0.05, 0) is 90.5 Å². The summed E-state index contributed by atoms with van der Waals surface area (Å²) in [4.78, 5) is 24.2. The normalized spacial score (nSPS) is 27.2. The summed E-state index contributed by atoms with van der Waals surface area (Å²) < 4.78 is 10.6. The highest BCUT2D eigenvalue weighted by Crippen LogP contribution is 2.62. The number of carbonyl (C=O) groups excluding carboxylic acids is 2. The molecule has 1 amide bonds. The molecule has 2 aromatic rings. The maximum atomic E-state index is 12.3. The second-order valence-corrected chi connectivity index (χ2v) is 10.3. The molecule has 0 bridgehead atoms. The first kappa shape index (κ1) is 22.7. The van der Waals surface area contributed by atoms with Crippen molar-refractivity contribution < 1.29 is 19.1 Å². The fraction of sp³-hybridized carbons (Fsp3) is 0.448. The highest BCUT2D eigenvalue weighted by Gasteiger charge is 2.51. The highest BCUT2D eigenvalue weighted by atomic mass is 16.6. The molecular weight excluding hydrogens is 426 g/mol. The average molecular weight is 460 g/mol. The second kappa shape index (κ2) is 9.28. The van der Waals surface area contributed by atoms with Crippen LogP contribution in [-0.2, 0) is 22.6 Å². The van der Waals surface area contributed by atoms with E-state index in [4.69, 9.17) is 9.47 Å². The summed E-state index contributed by atoms with van der Waals surface area (Å²) in [6.45, 7) is 6.76. The van der Waals surface area contributed by atoms with E-state index >= 15 is 0 Å². The van der Waals surface area contributed by atoms with Crippen molar-refractivity contribution in [1.82, 2.24) is 5.32 Å². The number of rotatable bonds is 5. The van der Waals surface area contributed by atoms with Crippen molar-refractivity contribution in [3.8, 4) is 5.75 Å². The fourth-order valence-electron chi connectivity index (χ4n) is 6.62. The molecule has 3 aliphatic rings. The van der Waals surface area contributed by atoms with E-state index in [0.29, 0.717) is 17.1 Å². The molecule has 2 aromatic carbocycles. The minimum absolute atomic E-state index is 0.156. The van der Waals surface area contributed by atoms with Crippen molar-refractivity contribution in [3.05, 3.63) is 77.4 Å². The highest BCUT2D eigenvalue weighted by molar-refractivity contribution is 5.79. The Morgan fingerprint density at radius 2 is 1.91 bits per heavy atom. The predicted molar refractivity (Wildman–Crippen MR) is 130 cm³/mol. The number of alkyl carbamates (subject to hydrolysis) is 1. The molecule has 0 saturated heterocycles. The standard InChI is InChI=1S/C29H33NO4/c1-19-8-13-26-25-11-9-21-16-22(10-12-23(21)24(25)14-15-29(19,26)2)34-27(31)17-30-28(32)33-18-20-6-4-3-5-7-20/h3-7,10,12,16,24-26H,1,8-9,11,13-15,17-18H2,2H3,(H,30,32)/t24-,25-,26+,29-/m1/s1. The maximum Gasteiger partial charge on any atom is 0.407 e. The predicted octanol–water partition coefficient (Wildman–Crippen LogP) is 5.93. The molecule has 0 heterocycles. The number of allylic oxidation sites excluding steroid dienone is 1. The zero-order chi connectivity index (χ0) is 23.7. The van der Waals surface area contributed by atoms with Crippen molar-refractivity contribution in [1.29, 1.82) is 0 Å². The lowest BCUT2D eigenvalue weighted by Crippen LogP contribution is -2.40. The van der Waals surface area contributed by atoms with E-state index in [2.05, 4.69) is 24.9 Å². The lowest BCUT2D eigenvalue weighted by Gasteiger charge is -2.49. The Hall–Kier alpha value is -3.08. The lowest BCUT2D eigenvalue weighted by atomic mass is 9.55. The van der Waals surface area contributed by atoms with Crippen molar-refractivity contribution in [2.24, 2.45) is 17.3 Å². The van der Waals surface area contributed by atoms with Gasteiger partial charge < -0.3 is 14.8 Å². The Bertz CT molecular complexity index is 1090. The zero-order valence-corrected chi connectivity index (χ0v) is 19.8. The molecule has 4 atom stereocenters. The minimum Gasteiger partial charge on any atom is -0.445 e. The lowest BCUT2D eigenvalue weighted by molar-refractivity contribution is -0.133. The van der Waals surface area contributed by atoms with Crippen molar-refractivity contribution in [2.75, 3.05) is 6.54 Å². The molecule has 0 radical (unpaired) electrons. The van der Waals surface area contributed by atoms with E-state index in [1.165, 1.54) is 48.8 Å². The largest absolute Gasteiger partial charge is 0.445 e. The van der Waals surface area contributed by atoms with Gasteiger partial charge in [-0.25, -0.2) is 9.59 Å². The molecule has 0 aliphatic heterocycles. The number of ether oxygens (including phenoxy) is 2. The molecule has 1 N–H and O–H groups in total. The maximum absolute atomic E-state index is 12.3. The van der Waals surface area contributed by atoms with Gasteiger partial charge in [-0.15, -0.1) is 0 Å². The Morgan fingerprint density at radius 1 is 1.09 bits per heavy atom. The summed E-state index contributed by atoms with van der Waals surface area (Å²) in [6, 6.07) is 15.5. The molecule has 34 heavy (non-hydrogen) atoms. The SMILES string of the molecule is C=C1CC[C@H]2[C@@H]3CCc4cc(OC(=O)CNC(=O)OCc5ccccc5)ccc4[C@H]3CC[C@]12C. The third kappa shape index (κ3) is 4.36. The molecule has 2 saturated carbocycles. The van der Waals surface area contributed by atoms with Gasteiger partial charge in [0.2, 0.25) is 0 Å². The Kier molecular flexibility index (Phi) is 6.20.